The van der Waals surface area contributed by atoms with Crippen molar-refractivity contribution in [2.24, 2.45) is 4.99 Å². The zero-order valence-corrected chi connectivity index (χ0v) is 21.3. The van der Waals surface area contributed by atoms with Crippen LogP contribution in [0.4, 0.5) is 13.2 Å². The number of aliphatic imine (C=N–C) groups is 1. The standard InChI is InChI=1S/C21H30F3N5S.HI/c1-4-25-20(26-11-10-19-28-18(15-30-19)21(22,23)24)27-13-16-8-7-9-17(12-16)14-29(5-2)6-3;/h7-9,12,15H,4-6,10-11,13-14H2,1-3H3,(H2,25,26,27);1H. The molecule has 10 heteroatoms. The summed E-state index contributed by atoms with van der Waals surface area (Å²) < 4.78 is 37.9. The lowest BCUT2D eigenvalue weighted by molar-refractivity contribution is -0.140. The highest BCUT2D eigenvalue weighted by Gasteiger charge is 2.33. The Balaban J connectivity index is 0.00000480. The molecule has 0 spiro atoms. The SMILES string of the molecule is CCNC(=NCc1cccc(CN(CC)CC)c1)NCCc1nc(C(F)(F)F)cs1.I. The third kappa shape index (κ3) is 9.73. The average Bonchev–Trinajstić information content (AvgIpc) is 3.20. The van der Waals surface area contributed by atoms with Crippen LogP contribution in [0.2, 0.25) is 0 Å². The number of hydrogen-bond acceptors (Lipinski definition) is 4. The first-order valence-corrected chi connectivity index (χ1v) is 11.1. The Labute approximate surface area is 203 Å². The highest BCUT2D eigenvalue weighted by molar-refractivity contribution is 14.0. The van der Waals surface area contributed by atoms with E-state index in [0.717, 1.165) is 41.9 Å². The normalized spacial score (nSPS) is 12.0. The molecule has 2 N–H and O–H groups in total. The number of benzene rings is 1. The maximum absolute atomic E-state index is 12.6. The van der Waals surface area contributed by atoms with Crippen LogP contribution in [-0.2, 0) is 25.7 Å². The Morgan fingerprint density at radius 3 is 2.45 bits per heavy atom. The first-order valence-electron chi connectivity index (χ1n) is 10.2. The van der Waals surface area contributed by atoms with Gasteiger partial charge in [0, 0.05) is 31.4 Å². The monoisotopic (exact) mass is 569 g/mol. The number of thiazole rings is 1. The molecule has 0 fully saturated rings. The van der Waals surface area contributed by atoms with Gasteiger partial charge in [-0.25, -0.2) is 9.98 Å². The molecule has 0 aliphatic rings. The Morgan fingerprint density at radius 2 is 1.84 bits per heavy atom. The van der Waals surface area contributed by atoms with E-state index in [1.54, 1.807) is 0 Å². The van der Waals surface area contributed by atoms with Gasteiger partial charge in [-0.1, -0.05) is 38.1 Å². The molecule has 1 aromatic heterocycles. The predicted molar refractivity (Wildman–Crippen MR) is 132 cm³/mol. The minimum absolute atomic E-state index is 0. The topological polar surface area (TPSA) is 52.6 Å². The van der Waals surface area contributed by atoms with Crippen LogP contribution < -0.4 is 10.6 Å². The fourth-order valence-corrected chi connectivity index (χ4v) is 3.69. The van der Waals surface area contributed by atoms with E-state index in [-0.39, 0.29) is 24.0 Å². The van der Waals surface area contributed by atoms with Crippen LogP contribution in [0.15, 0.2) is 34.6 Å². The first-order chi connectivity index (χ1) is 14.4. The average molecular weight is 569 g/mol. The maximum Gasteiger partial charge on any atom is 0.434 e. The summed E-state index contributed by atoms with van der Waals surface area (Å²) in [7, 11) is 0. The van der Waals surface area contributed by atoms with Crippen molar-refractivity contribution in [1.29, 1.82) is 0 Å². The molecule has 0 unspecified atom stereocenters. The fraction of sp³-hybridized carbons (Fsp3) is 0.524. The lowest BCUT2D eigenvalue weighted by atomic mass is 10.1. The van der Waals surface area contributed by atoms with Gasteiger partial charge in [0.2, 0.25) is 0 Å². The quantitative estimate of drug-likeness (QED) is 0.243. The molecule has 0 atom stereocenters. The summed E-state index contributed by atoms with van der Waals surface area (Å²) in [5.41, 5.74) is 1.55. The summed E-state index contributed by atoms with van der Waals surface area (Å²) in [6.07, 6.45) is -3.98. The molecule has 0 aliphatic heterocycles. The van der Waals surface area contributed by atoms with Crippen LogP contribution >= 0.6 is 35.3 Å². The summed E-state index contributed by atoms with van der Waals surface area (Å²) >= 11 is 1.03. The van der Waals surface area contributed by atoms with Gasteiger partial charge in [0.1, 0.15) is 0 Å². The molecule has 0 amide bonds. The van der Waals surface area contributed by atoms with Gasteiger partial charge in [-0.3, -0.25) is 4.90 Å². The molecular weight excluding hydrogens is 538 g/mol. The third-order valence-corrected chi connectivity index (χ3v) is 5.44. The second kappa shape index (κ2) is 13.9. The van der Waals surface area contributed by atoms with Crippen LogP contribution in [-0.4, -0.2) is 42.0 Å². The van der Waals surface area contributed by atoms with Crippen LogP contribution in [0.25, 0.3) is 0 Å². The molecule has 0 saturated carbocycles. The van der Waals surface area contributed by atoms with Crippen LogP contribution in [0, 0.1) is 0 Å². The Kier molecular flexibility index (Phi) is 12.4. The third-order valence-electron chi connectivity index (χ3n) is 4.53. The smallest absolute Gasteiger partial charge is 0.357 e. The summed E-state index contributed by atoms with van der Waals surface area (Å²) in [4.78, 5) is 10.6. The van der Waals surface area contributed by atoms with E-state index >= 15 is 0 Å². The summed E-state index contributed by atoms with van der Waals surface area (Å²) in [6, 6.07) is 8.38. The van der Waals surface area contributed by atoms with Crippen molar-refractivity contribution >= 4 is 41.3 Å². The second-order valence-electron chi connectivity index (χ2n) is 6.78. The van der Waals surface area contributed by atoms with Gasteiger partial charge in [0.05, 0.1) is 11.6 Å². The Morgan fingerprint density at radius 1 is 1.13 bits per heavy atom. The van der Waals surface area contributed by atoms with Gasteiger partial charge in [-0.2, -0.15) is 13.2 Å². The van der Waals surface area contributed by atoms with Gasteiger partial charge in [0.15, 0.2) is 11.7 Å². The Bertz CT molecular complexity index is 806. The number of alkyl halides is 3. The number of aromatic nitrogens is 1. The first kappa shape index (κ1) is 27.6. The van der Waals surface area contributed by atoms with Crippen molar-refractivity contribution in [1.82, 2.24) is 20.5 Å². The summed E-state index contributed by atoms with van der Waals surface area (Å²) in [5, 5.41) is 7.84. The summed E-state index contributed by atoms with van der Waals surface area (Å²) in [5.74, 6) is 0.638. The maximum atomic E-state index is 12.6. The van der Waals surface area contributed by atoms with Crippen molar-refractivity contribution in [3.05, 3.63) is 51.5 Å². The fourth-order valence-electron chi connectivity index (χ4n) is 2.89. The number of rotatable bonds is 10. The highest BCUT2D eigenvalue weighted by Crippen LogP contribution is 2.30. The van der Waals surface area contributed by atoms with Gasteiger partial charge >= 0.3 is 6.18 Å². The summed E-state index contributed by atoms with van der Waals surface area (Å²) in [6.45, 7) is 10.9. The molecule has 0 radical (unpaired) electrons. The van der Waals surface area contributed by atoms with E-state index in [1.807, 2.05) is 19.1 Å². The van der Waals surface area contributed by atoms with E-state index in [2.05, 4.69) is 51.5 Å². The number of hydrogen-bond donors (Lipinski definition) is 2. The molecule has 0 bridgehead atoms. The van der Waals surface area contributed by atoms with Crippen LogP contribution in [0.5, 0.6) is 0 Å². The second-order valence-corrected chi connectivity index (χ2v) is 7.72. The van der Waals surface area contributed by atoms with E-state index in [4.69, 9.17) is 0 Å². The van der Waals surface area contributed by atoms with E-state index in [1.165, 1.54) is 5.56 Å². The molecule has 0 aliphatic carbocycles. The van der Waals surface area contributed by atoms with E-state index < -0.39 is 11.9 Å². The molecular formula is C21H31F3IN5S. The lowest BCUT2D eigenvalue weighted by Crippen LogP contribution is -2.38. The van der Waals surface area contributed by atoms with Crippen molar-refractivity contribution in [2.75, 3.05) is 26.2 Å². The van der Waals surface area contributed by atoms with Crippen LogP contribution in [0.3, 0.4) is 0 Å². The largest absolute Gasteiger partial charge is 0.434 e. The van der Waals surface area contributed by atoms with Crippen molar-refractivity contribution in [3.63, 3.8) is 0 Å². The van der Waals surface area contributed by atoms with E-state index in [0.29, 0.717) is 37.0 Å². The van der Waals surface area contributed by atoms with Gasteiger partial charge < -0.3 is 10.6 Å². The minimum Gasteiger partial charge on any atom is -0.357 e. The van der Waals surface area contributed by atoms with Gasteiger partial charge in [-0.05, 0) is 31.1 Å². The molecule has 0 saturated heterocycles. The molecule has 1 heterocycles. The number of halogens is 4. The van der Waals surface area contributed by atoms with Gasteiger partial charge in [-0.15, -0.1) is 35.3 Å². The predicted octanol–water partition coefficient (Wildman–Crippen LogP) is 4.92. The molecule has 31 heavy (non-hydrogen) atoms. The number of nitrogens with one attached hydrogen (secondary N) is 2. The van der Waals surface area contributed by atoms with Crippen LogP contribution in [0.1, 0.15) is 42.6 Å². The zero-order valence-electron chi connectivity index (χ0n) is 18.1. The van der Waals surface area contributed by atoms with Crippen molar-refractivity contribution < 1.29 is 13.2 Å². The molecule has 1 aromatic carbocycles. The van der Waals surface area contributed by atoms with E-state index in [9.17, 15) is 13.2 Å². The lowest BCUT2D eigenvalue weighted by Gasteiger charge is -2.18. The molecule has 5 nitrogen and oxygen atoms in total. The number of guanidine groups is 1. The zero-order chi connectivity index (χ0) is 22.0. The highest BCUT2D eigenvalue weighted by atomic mass is 127. The molecule has 2 rings (SSSR count). The van der Waals surface area contributed by atoms with Crippen molar-refractivity contribution in [3.8, 4) is 0 Å². The number of nitrogens with zero attached hydrogens (tertiary/aromatic N) is 3. The van der Waals surface area contributed by atoms with Crippen molar-refractivity contribution in [2.45, 2.75) is 46.5 Å². The van der Waals surface area contributed by atoms with Gasteiger partial charge in [0.25, 0.3) is 0 Å². The minimum atomic E-state index is -4.39. The Hall–Kier alpha value is -1.40. The molecule has 174 valence electrons. The molecule has 2 aromatic rings.